The Balaban J connectivity index is 4.25. The molecule has 0 bridgehead atoms. The van der Waals surface area contributed by atoms with Crippen LogP contribution < -0.4 is 5.32 Å². The topological polar surface area (TPSA) is 129 Å². The lowest BCUT2D eigenvalue weighted by atomic mass is 10.1. The quantitative estimate of drug-likeness (QED) is 0.316. The van der Waals surface area contributed by atoms with Crippen molar-refractivity contribution in [1.29, 1.82) is 0 Å². The third kappa shape index (κ3) is 6.93. The molecule has 0 saturated heterocycles. The molecular formula is C9H13N3O5. The molecule has 1 atom stereocenters. The predicted octanol–water partition coefficient (Wildman–Crippen LogP) is -1.15. The fourth-order valence-electron chi connectivity index (χ4n) is 1.04. The second kappa shape index (κ2) is 8.14. The van der Waals surface area contributed by atoms with Crippen LogP contribution in [0.2, 0.25) is 0 Å². The summed E-state index contributed by atoms with van der Waals surface area (Å²) in [6.45, 7) is -0.254. The van der Waals surface area contributed by atoms with Gasteiger partial charge in [0.15, 0.2) is 0 Å². The minimum absolute atomic E-state index is 0.0877. The first-order valence-electron chi connectivity index (χ1n) is 4.72. The second-order valence-electron chi connectivity index (χ2n) is 3.14. The van der Waals surface area contributed by atoms with Gasteiger partial charge >= 0.3 is 12.2 Å². The summed E-state index contributed by atoms with van der Waals surface area (Å²) in [5.41, 5.74) is 8.07. The number of ether oxygens (including phenoxy) is 1. The molecule has 17 heavy (non-hydrogen) atoms. The number of carboxylic acid groups (broad SMARTS) is 1. The molecule has 8 nitrogen and oxygen atoms in total. The van der Waals surface area contributed by atoms with Gasteiger partial charge in [-0.2, -0.15) is 4.79 Å². The van der Waals surface area contributed by atoms with Crippen LogP contribution in [0.25, 0.3) is 5.53 Å². The maximum absolute atomic E-state index is 11.1. The highest BCUT2D eigenvalue weighted by molar-refractivity contribution is 6.25. The molecular weight excluding hydrogens is 230 g/mol. The SMILES string of the molecule is COCC(=O)N[C@@H](CCC(=O)C=[N+]=[N-])C(=O)O. The van der Waals surface area contributed by atoms with Crippen LogP contribution >= 0.6 is 0 Å². The fourth-order valence-corrected chi connectivity index (χ4v) is 1.04. The van der Waals surface area contributed by atoms with Crippen molar-refractivity contribution in [2.75, 3.05) is 13.7 Å². The molecule has 0 unspecified atom stereocenters. The molecule has 8 heteroatoms. The zero-order valence-electron chi connectivity index (χ0n) is 9.25. The van der Waals surface area contributed by atoms with Crippen molar-refractivity contribution in [3.05, 3.63) is 5.53 Å². The van der Waals surface area contributed by atoms with Gasteiger partial charge in [0.2, 0.25) is 11.7 Å². The third-order valence-electron chi connectivity index (χ3n) is 1.79. The summed E-state index contributed by atoms with van der Waals surface area (Å²) in [5, 5.41) is 11.0. The van der Waals surface area contributed by atoms with Crippen molar-refractivity contribution >= 4 is 23.9 Å². The Labute approximate surface area is 97.2 Å². The second-order valence-corrected chi connectivity index (χ2v) is 3.14. The number of aliphatic carboxylic acids is 1. The molecule has 0 fully saturated rings. The molecule has 0 radical (unpaired) electrons. The number of carbonyl (C=O) groups is 3. The summed E-state index contributed by atoms with van der Waals surface area (Å²) in [4.78, 5) is 35.3. The van der Waals surface area contributed by atoms with Crippen molar-refractivity contribution in [3.8, 4) is 0 Å². The summed E-state index contributed by atoms with van der Waals surface area (Å²) >= 11 is 0. The molecule has 0 aliphatic rings. The van der Waals surface area contributed by atoms with Crippen molar-refractivity contribution in [2.24, 2.45) is 0 Å². The van der Waals surface area contributed by atoms with E-state index in [4.69, 9.17) is 10.6 Å². The average molecular weight is 243 g/mol. The molecule has 0 aromatic rings. The largest absolute Gasteiger partial charge is 0.480 e. The number of nitrogens with zero attached hydrogens (tertiary/aromatic N) is 2. The lowest BCUT2D eigenvalue weighted by Gasteiger charge is -2.12. The van der Waals surface area contributed by atoms with Crippen LogP contribution in [0, 0.1) is 0 Å². The monoisotopic (exact) mass is 243 g/mol. The first kappa shape index (κ1) is 14.9. The minimum Gasteiger partial charge on any atom is -0.480 e. The zero-order valence-corrected chi connectivity index (χ0v) is 9.25. The van der Waals surface area contributed by atoms with E-state index in [9.17, 15) is 14.4 Å². The molecule has 0 spiro atoms. The molecule has 0 rings (SSSR count). The normalized spacial score (nSPS) is 11.1. The highest BCUT2D eigenvalue weighted by Gasteiger charge is 2.21. The van der Waals surface area contributed by atoms with Gasteiger partial charge in [0.1, 0.15) is 12.6 Å². The van der Waals surface area contributed by atoms with Crippen LogP contribution in [0.1, 0.15) is 12.8 Å². The Morgan fingerprint density at radius 1 is 1.53 bits per heavy atom. The van der Waals surface area contributed by atoms with Crippen molar-refractivity contribution in [2.45, 2.75) is 18.9 Å². The molecule has 0 aliphatic heterocycles. The van der Waals surface area contributed by atoms with Gasteiger partial charge < -0.3 is 20.7 Å². The maximum atomic E-state index is 11.1. The number of rotatable bonds is 8. The van der Waals surface area contributed by atoms with E-state index in [1.54, 1.807) is 0 Å². The minimum atomic E-state index is -1.25. The van der Waals surface area contributed by atoms with E-state index in [1.165, 1.54) is 7.11 Å². The maximum Gasteiger partial charge on any atom is 0.326 e. The van der Waals surface area contributed by atoms with Gasteiger partial charge in [-0.15, -0.1) is 0 Å². The van der Waals surface area contributed by atoms with Gasteiger partial charge in [0.05, 0.1) is 0 Å². The van der Waals surface area contributed by atoms with Gasteiger partial charge in [-0.25, -0.2) is 4.79 Å². The van der Waals surface area contributed by atoms with Gasteiger partial charge in [-0.1, -0.05) is 0 Å². The fraction of sp³-hybridized carbons (Fsp3) is 0.556. The predicted molar refractivity (Wildman–Crippen MR) is 55.4 cm³/mol. The van der Waals surface area contributed by atoms with Crippen LogP contribution in [0.5, 0.6) is 0 Å². The number of hydrogen-bond acceptors (Lipinski definition) is 4. The molecule has 0 aromatic carbocycles. The van der Waals surface area contributed by atoms with E-state index in [-0.39, 0.29) is 19.4 Å². The number of ketones is 1. The summed E-state index contributed by atoms with van der Waals surface area (Å²) in [6.07, 6.45) is 0.444. The van der Waals surface area contributed by atoms with Crippen molar-refractivity contribution < 1.29 is 29.0 Å². The van der Waals surface area contributed by atoms with Gasteiger partial charge in [0.25, 0.3) is 0 Å². The lowest BCUT2D eigenvalue weighted by Crippen LogP contribution is -2.42. The molecule has 0 saturated carbocycles. The van der Waals surface area contributed by atoms with Gasteiger partial charge in [-0.05, 0) is 6.42 Å². The van der Waals surface area contributed by atoms with Gasteiger partial charge in [0, 0.05) is 13.5 Å². The van der Waals surface area contributed by atoms with Crippen LogP contribution in [-0.2, 0) is 19.1 Å². The average Bonchev–Trinajstić information content (AvgIpc) is 2.24. The molecule has 94 valence electrons. The Morgan fingerprint density at radius 2 is 2.18 bits per heavy atom. The number of carboxylic acids is 1. The number of methoxy groups -OCH3 is 1. The van der Waals surface area contributed by atoms with Gasteiger partial charge in [-0.3, -0.25) is 9.59 Å². The third-order valence-corrected chi connectivity index (χ3v) is 1.79. The number of nitrogens with one attached hydrogen (secondary N) is 1. The Hall–Kier alpha value is -2.05. The van der Waals surface area contributed by atoms with Crippen LogP contribution in [0.3, 0.4) is 0 Å². The highest BCUT2D eigenvalue weighted by Crippen LogP contribution is 1.98. The summed E-state index contributed by atoms with van der Waals surface area (Å²) in [6, 6.07) is -1.17. The zero-order chi connectivity index (χ0) is 13.3. The van der Waals surface area contributed by atoms with Crippen LogP contribution in [0.4, 0.5) is 0 Å². The number of hydrogen-bond donors (Lipinski definition) is 2. The number of carbonyl (C=O) groups excluding carboxylic acids is 2. The lowest BCUT2D eigenvalue weighted by molar-refractivity contribution is -0.142. The molecule has 0 aromatic heterocycles. The van der Waals surface area contributed by atoms with Crippen molar-refractivity contribution in [1.82, 2.24) is 5.32 Å². The molecule has 0 aliphatic carbocycles. The highest BCUT2D eigenvalue weighted by atomic mass is 16.5. The van der Waals surface area contributed by atoms with E-state index >= 15 is 0 Å². The first-order chi connectivity index (χ1) is 8.01. The number of Topliss-reactive ketones (excluding diaryl/α,β-unsaturated/α-hetero) is 1. The Bertz CT molecular complexity index is 349. The van der Waals surface area contributed by atoms with Crippen LogP contribution in [-0.4, -0.2) is 53.5 Å². The Morgan fingerprint density at radius 3 is 2.65 bits per heavy atom. The van der Waals surface area contributed by atoms with E-state index in [0.717, 1.165) is 0 Å². The van der Waals surface area contributed by atoms with E-state index in [1.807, 2.05) is 0 Å². The van der Waals surface area contributed by atoms with E-state index in [0.29, 0.717) is 6.21 Å². The molecule has 2 N–H and O–H groups in total. The standard InChI is InChI=1S/C9H13N3O5/c1-17-5-8(14)12-7(9(15)16)3-2-6(13)4-11-10/h4,7H,2-3,5H2,1H3,(H,12,14)(H,15,16)/t7-/m0/s1. The smallest absolute Gasteiger partial charge is 0.326 e. The molecule has 0 heterocycles. The first-order valence-corrected chi connectivity index (χ1v) is 4.72. The van der Waals surface area contributed by atoms with E-state index in [2.05, 4.69) is 14.8 Å². The molecule has 1 amide bonds. The number of amides is 1. The summed E-state index contributed by atoms with van der Waals surface area (Å²) in [7, 11) is 1.30. The summed E-state index contributed by atoms with van der Waals surface area (Å²) < 4.78 is 4.52. The van der Waals surface area contributed by atoms with Crippen molar-refractivity contribution in [3.63, 3.8) is 0 Å². The van der Waals surface area contributed by atoms with E-state index < -0.39 is 23.7 Å². The Kier molecular flexibility index (Phi) is 7.16. The summed E-state index contributed by atoms with van der Waals surface area (Å²) in [5.74, 6) is -2.36. The van der Waals surface area contributed by atoms with Crippen LogP contribution in [0.15, 0.2) is 0 Å².